The molecule has 0 unspecified atom stereocenters. The molecule has 3 aliphatic rings. The summed E-state index contributed by atoms with van der Waals surface area (Å²) in [5.74, 6) is -3.66. The summed E-state index contributed by atoms with van der Waals surface area (Å²) in [7, 11) is 1.50. The highest BCUT2D eigenvalue weighted by atomic mass is 16.6. The normalized spacial score (nSPS) is 25.2. The van der Waals surface area contributed by atoms with Crippen molar-refractivity contribution in [2.75, 3.05) is 26.9 Å². The molecule has 3 aliphatic heterocycles. The lowest BCUT2D eigenvalue weighted by Crippen LogP contribution is -2.60. The second-order valence-electron chi connectivity index (χ2n) is 13.9. The number of ether oxygens (including phenoxy) is 3. The first-order valence-corrected chi connectivity index (χ1v) is 17.8. The van der Waals surface area contributed by atoms with Gasteiger partial charge in [-0.1, -0.05) is 72.8 Å². The van der Waals surface area contributed by atoms with E-state index in [4.69, 9.17) is 14.2 Å². The van der Waals surface area contributed by atoms with Crippen molar-refractivity contribution >= 4 is 23.7 Å². The summed E-state index contributed by atoms with van der Waals surface area (Å²) in [6, 6.07) is 15.8. The van der Waals surface area contributed by atoms with Crippen LogP contribution in [0.2, 0.25) is 0 Å². The number of carbonyl (C=O) groups excluding carboxylic acids is 4. The molecule has 0 aromatic heterocycles. The van der Waals surface area contributed by atoms with Gasteiger partial charge in [-0.25, -0.2) is 0 Å². The fourth-order valence-corrected chi connectivity index (χ4v) is 8.15. The average Bonchev–Trinajstić information content (AvgIpc) is 3.78. The van der Waals surface area contributed by atoms with Crippen molar-refractivity contribution in [2.45, 2.75) is 87.9 Å². The number of hydrogen-bond acceptors (Lipinski definition) is 8. The van der Waals surface area contributed by atoms with Crippen molar-refractivity contribution in [2.24, 2.45) is 11.8 Å². The maximum absolute atomic E-state index is 14.8. The van der Waals surface area contributed by atoms with E-state index in [9.17, 15) is 24.3 Å². The number of rotatable bonds is 18. The standard InChI is InChI=1S/C40H51N3O8/c1-6-8-19-32(45)41-30(25-49-5)35(28-17-13-10-14-18-28)50-39(48)33-31-20-21-40(51-31)34(33)37(46)43(29(24-44)23-27-15-11-9-12-16-27)36(40)38(47)42(22-7-2)26(3)4/h6-7,9-18,26,29-31,33-36,44H,1-2,8,19-25H2,3-5H3,(H,41,45)/t29-,30+,31+,33-,34-,35+,36+,40-/m1/s1. The lowest BCUT2D eigenvalue weighted by Gasteiger charge is -2.40. The van der Waals surface area contributed by atoms with Crippen molar-refractivity contribution in [1.82, 2.24) is 15.1 Å². The Labute approximate surface area is 300 Å². The van der Waals surface area contributed by atoms with Crippen LogP contribution in [0.3, 0.4) is 0 Å². The number of carbonyl (C=O) groups is 4. The fraction of sp³-hybridized carbons (Fsp3) is 0.500. The van der Waals surface area contributed by atoms with Gasteiger partial charge in [-0.15, -0.1) is 13.2 Å². The predicted molar refractivity (Wildman–Crippen MR) is 191 cm³/mol. The Hall–Kier alpha value is -4.32. The van der Waals surface area contributed by atoms with E-state index < -0.39 is 66.3 Å². The Bertz CT molecular complexity index is 1550. The third-order valence-electron chi connectivity index (χ3n) is 10.4. The highest BCUT2D eigenvalue weighted by Gasteiger charge is 2.75. The molecule has 0 aliphatic carbocycles. The van der Waals surface area contributed by atoms with Crippen LogP contribution in [0.5, 0.6) is 0 Å². The van der Waals surface area contributed by atoms with E-state index in [1.165, 1.54) is 12.0 Å². The molecule has 2 aromatic carbocycles. The minimum absolute atomic E-state index is 0.0555. The van der Waals surface area contributed by atoms with Crippen LogP contribution in [0.1, 0.15) is 56.8 Å². The molecular weight excluding hydrogens is 650 g/mol. The summed E-state index contributed by atoms with van der Waals surface area (Å²) in [5, 5.41) is 13.7. The number of nitrogens with one attached hydrogen (secondary N) is 1. The van der Waals surface area contributed by atoms with Gasteiger partial charge < -0.3 is 34.4 Å². The second-order valence-corrected chi connectivity index (χ2v) is 13.9. The van der Waals surface area contributed by atoms with Gasteiger partial charge in [-0.3, -0.25) is 19.2 Å². The number of benzene rings is 2. The maximum atomic E-state index is 14.8. The van der Waals surface area contributed by atoms with Gasteiger partial charge >= 0.3 is 5.97 Å². The Kier molecular flexibility index (Phi) is 12.5. The van der Waals surface area contributed by atoms with Crippen molar-refractivity contribution in [3.05, 3.63) is 97.1 Å². The van der Waals surface area contributed by atoms with Gasteiger partial charge in [-0.05, 0) is 50.7 Å². The SMILES string of the molecule is C=CCCC(=O)N[C@@H](COC)[C@@H](OC(=O)[C@@H]1[C@@H]2CC[C@]3(O2)[C@H](C(=O)N(CC=C)C(C)C)N([C@@H](CO)Cc2ccccc2)C(=O)[C@@H]13)c1ccccc1. The molecule has 3 amide bonds. The van der Waals surface area contributed by atoms with E-state index in [-0.39, 0.29) is 37.4 Å². The summed E-state index contributed by atoms with van der Waals surface area (Å²) in [4.78, 5) is 60.0. The van der Waals surface area contributed by atoms with Crippen molar-refractivity contribution in [3.63, 3.8) is 0 Å². The van der Waals surface area contributed by atoms with E-state index >= 15 is 0 Å². The average molecular weight is 702 g/mol. The van der Waals surface area contributed by atoms with Crippen LogP contribution in [0, 0.1) is 11.8 Å². The van der Waals surface area contributed by atoms with Gasteiger partial charge in [0.25, 0.3) is 0 Å². The Morgan fingerprint density at radius 1 is 1.10 bits per heavy atom. The molecule has 3 saturated heterocycles. The first-order chi connectivity index (χ1) is 24.6. The van der Waals surface area contributed by atoms with Gasteiger partial charge in [0.05, 0.1) is 43.2 Å². The summed E-state index contributed by atoms with van der Waals surface area (Å²) >= 11 is 0. The number of amides is 3. The number of nitrogens with zero attached hydrogens (tertiary/aromatic N) is 2. The number of likely N-dealkylation sites (tertiary alicyclic amines) is 1. The van der Waals surface area contributed by atoms with Crippen LogP contribution in [0.25, 0.3) is 0 Å². The zero-order valence-electron chi connectivity index (χ0n) is 29.8. The van der Waals surface area contributed by atoms with Gasteiger partial charge in [0.1, 0.15) is 17.7 Å². The zero-order valence-corrected chi connectivity index (χ0v) is 29.8. The molecule has 274 valence electrons. The van der Waals surface area contributed by atoms with Crippen LogP contribution in [-0.2, 0) is 39.8 Å². The third-order valence-corrected chi connectivity index (χ3v) is 10.4. The molecule has 0 saturated carbocycles. The third kappa shape index (κ3) is 7.66. The zero-order chi connectivity index (χ0) is 36.7. The highest BCUT2D eigenvalue weighted by Crippen LogP contribution is 2.59. The molecule has 2 aromatic rings. The first kappa shape index (κ1) is 37.9. The molecule has 3 fully saturated rings. The number of aliphatic hydroxyl groups is 1. The lowest BCUT2D eigenvalue weighted by atomic mass is 9.70. The Balaban J connectivity index is 1.52. The summed E-state index contributed by atoms with van der Waals surface area (Å²) in [6.45, 7) is 11.3. The van der Waals surface area contributed by atoms with E-state index in [2.05, 4.69) is 18.5 Å². The summed E-state index contributed by atoms with van der Waals surface area (Å²) in [6.07, 6.45) is 3.52. The lowest BCUT2D eigenvalue weighted by molar-refractivity contribution is -0.163. The number of fused-ring (bicyclic) bond motifs is 1. The van der Waals surface area contributed by atoms with Crippen LogP contribution in [-0.4, -0.2) is 101 Å². The van der Waals surface area contributed by atoms with Crippen LogP contribution in [0.15, 0.2) is 86.0 Å². The monoisotopic (exact) mass is 701 g/mol. The molecule has 11 nitrogen and oxygen atoms in total. The van der Waals surface area contributed by atoms with E-state index in [0.29, 0.717) is 31.2 Å². The van der Waals surface area contributed by atoms with Gasteiger partial charge in [-0.2, -0.15) is 0 Å². The summed E-state index contributed by atoms with van der Waals surface area (Å²) < 4.78 is 18.5. The molecule has 2 bridgehead atoms. The van der Waals surface area contributed by atoms with Crippen LogP contribution < -0.4 is 5.32 Å². The molecule has 5 rings (SSSR count). The quantitative estimate of drug-likeness (QED) is 0.177. The predicted octanol–water partition coefficient (Wildman–Crippen LogP) is 3.77. The molecule has 3 heterocycles. The molecule has 11 heteroatoms. The number of hydrogen-bond donors (Lipinski definition) is 2. The van der Waals surface area contributed by atoms with Crippen molar-refractivity contribution in [1.29, 1.82) is 0 Å². The number of esters is 1. The van der Waals surface area contributed by atoms with Crippen molar-refractivity contribution in [3.8, 4) is 0 Å². The largest absolute Gasteiger partial charge is 0.455 e. The summed E-state index contributed by atoms with van der Waals surface area (Å²) in [5.41, 5.74) is 0.236. The topological polar surface area (TPSA) is 135 Å². The minimum atomic E-state index is -1.30. The first-order valence-electron chi connectivity index (χ1n) is 17.8. The highest BCUT2D eigenvalue weighted by molar-refractivity contribution is 5.98. The van der Waals surface area contributed by atoms with Crippen molar-refractivity contribution < 1.29 is 38.5 Å². The number of aliphatic hydroxyl groups excluding tert-OH is 1. The van der Waals surface area contributed by atoms with Gasteiger partial charge in [0.2, 0.25) is 17.7 Å². The number of methoxy groups -OCH3 is 1. The van der Waals surface area contributed by atoms with Gasteiger partial charge in [0.15, 0.2) is 0 Å². The van der Waals surface area contributed by atoms with Gasteiger partial charge in [0, 0.05) is 26.1 Å². The Morgan fingerprint density at radius 2 is 1.78 bits per heavy atom. The number of allylic oxidation sites excluding steroid dienone is 1. The maximum Gasteiger partial charge on any atom is 0.313 e. The molecule has 1 spiro atoms. The second kappa shape index (κ2) is 16.8. The fourth-order valence-electron chi connectivity index (χ4n) is 8.15. The van der Waals surface area contributed by atoms with Crippen LogP contribution in [0.4, 0.5) is 0 Å². The smallest absolute Gasteiger partial charge is 0.313 e. The minimum Gasteiger partial charge on any atom is -0.455 e. The molecule has 51 heavy (non-hydrogen) atoms. The Morgan fingerprint density at radius 3 is 2.39 bits per heavy atom. The van der Waals surface area contributed by atoms with E-state index in [0.717, 1.165) is 5.56 Å². The molecular formula is C40H51N3O8. The molecule has 8 atom stereocenters. The van der Waals surface area contributed by atoms with E-state index in [1.54, 1.807) is 17.1 Å². The molecule has 2 N–H and O–H groups in total. The molecule has 0 radical (unpaired) electrons. The van der Waals surface area contributed by atoms with Crippen LogP contribution >= 0.6 is 0 Å². The van der Waals surface area contributed by atoms with E-state index in [1.807, 2.05) is 74.5 Å².